The van der Waals surface area contributed by atoms with Gasteiger partial charge in [-0.2, -0.15) is 0 Å². The molecule has 0 bridgehead atoms. The van der Waals surface area contributed by atoms with E-state index in [-0.39, 0.29) is 23.7 Å². The highest BCUT2D eigenvalue weighted by atomic mass is 16.6. The number of nitro groups is 1. The number of nitro benzene ring substituents is 1. The zero-order valence-electron chi connectivity index (χ0n) is 15.1. The number of carbonyl (C=O) groups is 1. The molecule has 3 aromatic rings. The topological polar surface area (TPSA) is 96.3 Å². The van der Waals surface area contributed by atoms with Crippen LogP contribution in [-0.2, 0) is 6.54 Å². The van der Waals surface area contributed by atoms with Crippen LogP contribution in [0, 0.1) is 17.0 Å². The van der Waals surface area contributed by atoms with Crippen LogP contribution in [0.25, 0.3) is 10.9 Å². The van der Waals surface area contributed by atoms with E-state index < -0.39 is 4.92 Å². The number of benzene rings is 2. The summed E-state index contributed by atoms with van der Waals surface area (Å²) >= 11 is 0. The lowest BCUT2D eigenvalue weighted by Gasteiger charge is -2.21. The maximum absolute atomic E-state index is 12.7. The van der Waals surface area contributed by atoms with E-state index in [0.29, 0.717) is 17.7 Å². The number of aromatic nitrogens is 1. The lowest BCUT2D eigenvalue weighted by Crippen LogP contribution is -2.32. The summed E-state index contributed by atoms with van der Waals surface area (Å²) in [7, 11) is 0. The Morgan fingerprint density at radius 3 is 2.48 bits per heavy atom. The first-order chi connectivity index (χ1) is 12.9. The molecule has 7 heteroatoms. The first-order valence-electron chi connectivity index (χ1n) is 8.55. The molecule has 7 nitrogen and oxygen atoms in total. The Bertz CT molecular complexity index is 1070. The third-order valence-electron chi connectivity index (χ3n) is 4.43. The van der Waals surface area contributed by atoms with Crippen molar-refractivity contribution < 1.29 is 9.72 Å². The van der Waals surface area contributed by atoms with E-state index in [1.54, 1.807) is 6.07 Å². The van der Waals surface area contributed by atoms with Crippen LogP contribution in [0.15, 0.2) is 53.3 Å². The zero-order chi connectivity index (χ0) is 19.6. The van der Waals surface area contributed by atoms with Crippen molar-refractivity contribution in [1.29, 1.82) is 0 Å². The van der Waals surface area contributed by atoms with Gasteiger partial charge in [0.2, 0.25) is 0 Å². The molecular formula is C20H19N3O4. The van der Waals surface area contributed by atoms with E-state index in [1.165, 1.54) is 29.2 Å². The second kappa shape index (κ2) is 7.41. The molecule has 0 aliphatic carbocycles. The molecule has 27 heavy (non-hydrogen) atoms. The Hall–Kier alpha value is -3.48. The van der Waals surface area contributed by atoms with Gasteiger partial charge in [-0.15, -0.1) is 0 Å². The summed E-state index contributed by atoms with van der Waals surface area (Å²) in [6.45, 7) is 4.36. The van der Waals surface area contributed by atoms with Gasteiger partial charge in [0.25, 0.3) is 17.2 Å². The number of nitrogens with one attached hydrogen (secondary N) is 1. The minimum absolute atomic E-state index is 0.0732. The highest BCUT2D eigenvalue weighted by molar-refractivity contribution is 5.94. The molecule has 0 saturated carbocycles. The Kier molecular flexibility index (Phi) is 5.03. The second-order valence-corrected chi connectivity index (χ2v) is 6.34. The smallest absolute Gasteiger partial charge is 0.269 e. The van der Waals surface area contributed by atoms with Crippen molar-refractivity contribution in [3.63, 3.8) is 0 Å². The van der Waals surface area contributed by atoms with E-state index in [9.17, 15) is 19.7 Å². The molecule has 1 N–H and O–H groups in total. The van der Waals surface area contributed by atoms with Gasteiger partial charge in [0.15, 0.2) is 0 Å². The van der Waals surface area contributed by atoms with E-state index >= 15 is 0 Å². The lowest BCUT2D eigenvalue weighted by atomic mass is 10.1. The van der Waals surface area contributed by atoms with Crippen molar-refractivity contribution in [2.24, 2.45) is 0 Å². The van der Waals surface area contributed by atoms with Gasteiger partial charge in [-0.05, 0) is 49.6 Å². The van der Waals surface area contributed by atoms with Crippen LogP contribution in [0.1, 0.15) is 28.4 Å². The van der Waals surface area contributed by atoms with E-state index in [1.807, 2.05) is 32.0 Å². The number of non-ortho nitro benzene ring substituents is 1. The number of amides is 1. The maximum atomic E-state index is 12.7. The predicted molar refractivity (Wildman–Crippen MR) is 103 cm³/mol. The summed E-state index contributed by atoms with van der Waals surface area (Å²) in [4.78, 5) is 39.7. The fourth-order valence-electron chi connectivity index (χ4n) is 2.93. The number of rotatable bonds is 5. The van der Waals surface area contributed by atoms with Crippen LogP contribution in [0.5, 0.6) is 0 Å². The summed E-state index contributed by atoms with van der Waals surface area (Å²) in [6.07, 6.45) is 0. The van der Waals surface area contributed by atoms with Crippen LogP contribution in [0.2, 0.25) is 0 Å². The van der Waals surface area contributed by atoms with Crippen molar-refractivity contribution in [2.45, 2.75) is 20.4 Å². The van der Waals surface area contributed by atoms with Crippen molar-refractivity contribution in [1.82, 2.24) is 9.88 Å². The number of hydrogen-bond acceptors (Lipinski definition) is 4. The van der Waals surface area contributed by atoms with Crippen molar-refractivity contribution in [2.75, 3.05) is 6.54 Å². The van der Waals surface area contributed by atoms with E-state index in [4.69, 9.17) is 0 Å². The fraction of sp³-hybridized carbons (Fsp3) is 0.200. The Labute approximate surface area is 155 Å². The third kappa shape index (κ3) is 3.87. The third-order valence-corrected chi connectivity index (χ3v) is 4.43. The molecule has 3 rings (SSSR count). The molecular weight excluding hydrogens is 346 g/mol. The van der Waals surface area contributed by atoms with Crippen molar-refractivity contribution >= 4 is 22.5 Å². The first kappa shape index (κ1) is 18.3. The molecule has 0 aliphatic rings. The molecule has 138 valence electrons. The summed E-state index contributed by atoms with van der Waals surface area (Å²) in [6, 6.07) is 13.0. The molecule has 1 amide bonds. The number of pyridine rings is 1. The normalized spacial score (nSPS) is 10.7. The molecule has 1 heterocycles. The average Bonchev–Trinajstić information content (AvgIpc) is 2.66. The largest absolute Gasteiger partial charge is 0.334 e. The van der Waals surface area contributed by atoms with Crippen molar-refractivity contribution in [3.8, 4) is 0 Å². The number of H-pyrrole nitrogens is 1. The monoisotopic (exact) mass is 365 g/mol. The summed E-state index contributed by atoms with van der Waals surface area (Å²) in [5, 5.41) is 11.7. The molecule has 0 spiro atoms. The Balaban J connectivity index is 1.89. The van der Waals surface area contributed by atoms with Crippen LogP contribution in [0.3, 0.4) is 0 Å². The number of carbonyl (C=O) groups excluding carboxylic acids is 1. The predicted octanol–water partition coefficient (Wildman–Crippen LogP) is 3.41. The highest BCUT2D eigenvalue weighted by Gasteiger charge is 2.17. The molecule has 0 saturated heterocycles. The summed E-state index contributed by atoms with van der Waals surface area (Å²) in [5.74, 6) is -0.281. The number of aryl methyl sites for hydroxylation is 1. The fourth-order valence-corrected chi connectivity index (χ4v) is 2.93. The van der Waals surface area contributed by atoms with Gasteiger partial charge in [0.05, 0.1) is 11.5 Å². The molecule has 0 aliphatic heterocycles. The van der Waals surface area contributed by atoms with Gasteiger partial charge in [0, 0.05) is 35.3 Å². The molecule has 0 fully saturated rings. The SMILES string of the molecule is CCN(Cc1cc2cc(C)ccc2[nH]c1=O)C(=O)c1ccc([N+](=O)[O-])cc1. The lowest BCUT2D eigenvalue weighted by molar-refractivity contribution is -0.384. The minimum atomic E-state index is -0.511. The van der Waals surface area contributed by atoms with Crippen LogP contribution >= 0.6 is 0 Å². The minimum Gasteiger partial charge on any atom is -0.334 e. The van der Waals surface area contributed by atoms with Crippen LogP contribution in [-0.4, -0.2) is 27.3 Å². The zero-order valence-corrected chi connectivity index (χ0v) is 15.1. The van der Waals surface area contributed by atoms with Crippen LogP contribution < -0.4 is 5.56 Å². The van der Waals surface area contributed by atoms with E-state index in [0.717, 1.165) is 16.5 Å². The second-order valence-electron chi connectivity index (χ2n) is 6.34. The average molecular weight is 365 g/mol. The van der Waals surface area contributed by atoms with Gasteiger partial charge in [-0.3, -0.25) is 19.7 Å². The summed E-state index contributed by atoms with van der Waals surface area (Å²) in [5.41, 5.74) is 2.35. The quantitative estimate of drug-likeness (QED) is 0.553. The van der Waals surface area contributed by atoms with Gasteiger partial charge in [-0.1, -0.05) is 11.6 Å². The van der Waals surface area contributed by atoms with Crippen LogP contribution in [0.4, 0.5) is 5.69 Å². The van der Waals surface area contributed by atoms with Gasteiger partial charge >= 0.3 is 0 Å². The maximum Gasteiger partial charge on any atom is 0.269 e. The van der Waals surface area contributed by atoms with Crippen molar-refractivity contribution in [3.05, 3.63) is 85.7 Å². The Morgan fingerprint density at radius 1 is 1.15 bits per heavy atom. The summed E-state index contributed by atoms with van der Waals surface area (Å²) < 4.78 is 0. The number of aromatic amines is 1. The number of nitrogens with zero attached hydrogens (tertiary/aromatic N) is 2. The molecule has 2 aromatic carbocycles. The van der Waals surface area contributed by atoms with Gasteiger partial charge in [-0.25, -0.2) is 0 Å². The van der Waals surface area contributed by atoms with Gasteiger partial charge in [0.1, 0.15) is 0 Å². The Morgan fingerprint density at radius 2 is 1.85 bits per heavy atom. The molecule has 1 aromatic heterocycles. The molecule has 0 atom stereocenters. The van der Waals surface area contributed by atoms with Gasteiger partial charge < -0.3 is 9.88 Å². The molecule has 0 unspecified atom stereocenters. The number of fused-ring (bicyclic) bond motifs is 1. The highest BCUT2D eigenvalue weighted by Crippen LogP contribution is 2.17. The number of hydrogen-bond donors (Lipinski definition) is 1. The molecule has 0 radical (unpaired) electrons. The standard InChI is InChI=1S/C20H19N3O4/c1-3-22(20(25)14-5-7-17(8-6-14)23(26)27)12-16-11-15-10-13(2)4-9-18(15)21-19(16)24/h4-11H,3,12H2,1-2H3,(H,21,24). The van der Waals surface area contributed by atoms with E-state index in [2.05, 4.69) is 4.98 Å². The first-order valence-corrected chi connectivity index (χ1v) is 8.55.